The molecule has 4 heteroatoms. The van der Waals surface area contributed by atoms with Gasteiger partial charge in [-0.1, -0.05) is 13.8 Å². The fourth-order valence-corrected chi connectivity index (χ4v) is 2.29. The van der Waals surface area contributed by atoms with Crippen LogP contribution in [0.2, 0.25) is 0 Å². The van der Waals surface area contributed by atoms with Crippen molar-refractivity contribution in [3.8, 4) is 0 Å². The Kier molecular flexibility index (Phi) is 5.96. The van der Waals surface area contributed by atoms with Crippen LogP contribution >= 0.6 is 0 Å². The van der Waals surface area contributed by atoms with Gasteiger partial charge in [-0.3, -0.25) is 4.98 Å². The highest BCUT2D eigenvalue weighted by atomic mass is 16.4. The number of aryl methyl sites for hydroxylation is 2. The van der Waals surface area contributed by atoms with Crippen molar-refractivity contribution in [3.05, 3.63) is 29.1 Å². The van der Waals surface area contributed by atoms with E-state index in [-0.39, 0.29) is 18.1 Å². The first-order valence-electron chi connectivity index (χ1n) is 6.74. The van der Waals surface area contributed by atoms with Gasteiger partial charge in [0.1, 0.15) is 0 Å². The molecule has 0 aliphatic heterocycles. The minimum atomic E-state index is -0.923. The normalized spacial score (nSPS) is 12.7. The van der Waals surface area contributed by atoms with Gasteiger partial charge in [0.15, 0.2) is 0 Å². The Morgan fingerprint density at radius 2 is 2.05 bits per heavy atom. The Hall–Kier alpha value is -1.42. The van der Waals surface area contributed by atoms with E-state index in [0.717, 1.165) is 24.2 Å². The number of hydrogen-bond donors (Lipinski definition) is 2. The standard InChI is InChI=1S/C15H23NO3/c1-10(2)6-12(9-17)4-5-14-8-13(15(18)19)7-11(3)16-14/h7-8,10,12,17H,4-6,9H2,1-3H3,(H,18,19)/t12-/m0/s1. The summed E-state index contributed by atoms with van der Waals surface area (Å²) in [5.74, 6) is -0.111. The number of aliphatic hydroxyl groups excluding tert-OH is 1. The maximum atomic E-state index is 11.0. The fraction of sp³-hybridized carbons (Fsp3) is 0.600. The number of carbonyl (C=O) groups is 1. The van der Waals surface area contributed by atoms with E-state index in [2.05, 4.69) is 18.8 Å². The smallest absolute Gasteiger partial charge is 0.335 e. The van der Waals surface area contributed by atoms with Crippen LogP contribution in [0.1, 0.15) is 48.4 Å². The molecule has 0 saturated heterocycles. The molecular weight excluding hydrogens is 242 g/mol. The number of aromatic carboxylic acids is 1. The third-order valence-corrected chi connectivity index (χ3v) is 3.13. The third kappa shape index (κ3) is 5.39. The van der Waals surface area contributed by atoms with Crippen molar-refractivity contribution >= 4 is 5.97 Å². The molecule has 0 unspecified atom stereocenters. The van der Waals surface area contributed by atoms with Crippen LogP contribution in [0.4, 0.5) is 0 Å². The third-order valence-electron chi connectivity index (χ3n) is 3.13. The zero-order valence-electron chi connectivity index (χ0n) is 11.9. The molecule has 0 amide bonds. The molecule has 0 radical (unpaired) electrons. The SMILES string of the molecule is Cc1cc(C(=O)O)cc(CC[C@H](CO)CC(C)C)n1. The first-order chi connectivity index (χ1) is 8.92. The van der Waals surface area contributed by atoms with Crippen LogP contribution in [0.5, 0.6) is 0 Å². The largest absolute Gasteiger partial charge is 0.478 e. The van der Waals surface area contributed by atoms with Gasteiger partial charge in [0.05, 0.1) is 5.56 Å². The van der Waals surface area contributed by atoms with Gasteiger partial charge >= 0.3 is 5.97 Å². The van der Waals surface area contributed by atoms with E-state index < -0.39 is 5.97 Å². The van der Waals surface area contributed by atoms with Crippen LogP contribution in [-0.2, 0) is 6.42 Å². The summed E-state index contributed by atoms with van der Waals surface area (Å²) in [6.45, 7) is 6.25. The monoisotopic (exact) mass is 265 g/mol. The number of aliphatic hydroxyl groups is 1. The number of pyridine rings is 1. The molecule has 1 aromatic rings. The molecule has 2 N–H and O–H groups in total. The van der Waals surface area contributed by atoms with Crippen molar-refractivity contribution in [3.63, 3.8) is 0 Å². The molecule has 1 aromatic heterocycles. The Balaban J connectivity index is 2.68. The molecule has 0 spiro atoms. The van der Waals surface area contributed by atoms with Crippen LogP contribution in [0.25, 0.3) is 0 Å². The molecule has 1 atom stereocenters. The second-order valence-corrected chi connectivity index (χ2v) is 5.51. The Bertz CT molecular complexity index is 429. The van der Waals surface area contributed by atoms with Gasteiger partial charge < -0.3 is 10.2 Å². The van der Waals surface area contributed by atoms with E-state index in [1.807, 2.05) is 0 Å². The lowest BCUT2D eigenvalue weighted by atomic mass is 9.93. The molecule has 0 aliphatic carbocycles. The number of carboxylic acid groups (broad SMARTS) is 1. The van der Waals surface area contributed by atoms with E-state index in [1.165, 1.54) is 0 Å². The second-order valence-electron chi connectivity index (χ2n) is 5.51. The molecule has 0 aromatic carbocycles. The molecular formula is C15H23NO3. The van der Waals surface area contributed by atoms with Gasteiger partial charge in [0.2, 0.25) is 0 Å². The molecule has 106 valence electrons. The topological polar surface area (TPSA) is 70.4 Å². The van der Waals surface area contributed by atoms with Gasteiger partial charge in [0, 0.05) is 18.0 Å². The molecule has 0 bridgehead atoms. The number of nitrogens with zero attached hydrogens (tertiary/aromatic N) is 1. The van der Waals surface area contributed by atoms with Gasteiger partial charge in [-0.15, -0.1) is 0 Å². The Morgan fingerprint density at radius 1 is 1.37 bits per heavy atom. The minimum Gasteiger partial charge on any atom is -0.478 e. The lowest BCUT2D eigenvalue weighted by molar-refractivity contribution is 0.0696. The Labute approximate surface area is 114 Å². The first kappa shape index (κ1) is 15.6. The van der Waals surface area contributed by atoms with Crippen LogP contribution in [-0.4, -0.2) is 27.8 Å². The van der Waals surface area contributed by atoms with E-state index in [1.54, 1.807) is 19.1 Å². The molecule has 0 saturated carbocycles. The van der Waals surface area contributed by atoms with E-state index >= 15 is 0 Å². The summed E-state index contributed by atoms with van der Waals surface area (Å²) in [4.78, 5) is 15.3. The summed E-state index contributed by atoms with van der Waals surface area (Å²) in [6, 6.07) is 3.20. The zero-order chi connectivity index (χ0) is 14.4. The van der Waals surface area contributed by atoms with Crippen LogP contribution in [0.3, 0.4) is 0 Å². The highest BCUT2D eigenvalue weighted by Crippen LogP contribution is 2.18. The summed E-state index contributed by atoms with van der Waals surface area (Å²) in [5, 5.41) is 18.3. The summed E-state index contributed by atoms with van der Waals surface area (Å²) < 4.78 is 0. The quantitative estimate of drug-likeness (QED) is 0.795. The van der Waals surface area contributed by atoms with Crippen molar-refractivity contribution in [2.45, 2.75) is 40.0 Å². The van der Waals surface area contributed by atoms with Crippen molar-refractivity contribution in [2.75, 3.05) is 6.61 Å². The summed E-state index contributed by atoms with van der Waals surface area (Å²) in [5.41, 5.74) is 1.80. The molecule has 0 fully saturated rings. The molecule has 1 heterocycles. The number of rotatable bonds is 7. The highest BCUT2D eigenvalue weighted by molar-refractivity contribution is 5.87. The van der Waals surface area contributed by atoms with Crippen molar-refractivity contribution in [1.29, 1.82) is 0 Å². The van der Waals surface area contributed by atoms with E-state index in [9.17, 15) is 9.90 Å². The maximum Gasteiger partial charge on any atom is 0.335 e. The lowest BCUT2D eigenvalue weighted by Gasteiger charge is -2.16. The molecule has 4 nitrogen and oxygen atoms in total. The zero-order valence-corrected chi connectivity index (χ0v) is 11.9. The summed E-state index contributed by atoms with van der Waals surface area (Å²) in [7, 11) is 0. The lowest BCUT2D eigenvalue weighted by Crippen LogP contribution is -2.11. The fourth-order valence-electron chi connectivity index (χ4n) is 2.29. The number of aromatic nitrogens is 1. The van der Waals surface area contributed by atoms with Crippen LogP contribution in [0, 0.1) is 18.8 Å². The molecule has 19 heavy (non-hydrogen) atoms. The van der Waals surface area contributed by atoms with Gasteiger partial charge in [-0.2, -0.15) is 0 Å². The van der Waals surface area contributed by atoms with Crippen molar-refractivity contribution in [1.82, 2.24) is 4.98 Å². The highest BCUT2D eigenvalue weighted by Gasteiger charge is 2.12. The number of carboxylic acids is 1. The van der Waals surface area contributed by atoms with Gasteiger partial charge in [-0.05, 0) is 50.2 Å². The van der Waals surface area contributed by atoms with Crippen molar-refractivity contribution < 1.29 is 15.0 Å². The predicted octanol–water partition coefficient (Wildman–Crippen LogP) is 2.68. The average Bonchev–Trinajstić information content (AvgIpc) is 2.33. The van der Waals surface area contributed by atoms with Crippen molar-refractivity contribution in [2.24, 2.45) is 11.8 Å². The van der Waals surface area contributed by atoms with E-state index in [4.69, 9.17) is 5.11 Å². The minimum absolute atomic E-state index is 0.176. The Morgan fingerprint density at radius 3 is 2.58 bits per heavy atom. The van der Waals surface area contributed by atoms with Crippen LogP contribution < -0.4 is 0 Å². The first-order valence-corrected chi connectivity index (χ1v) is 6.74. The molecule has 1 rings (SSSR count). The predicted molar refractivity (Wildman–Crippen MR) is 74.3 cm³/mol. The number of hydrogen-bond acceptors (Lipinski definition) is 3. The van der Waals surface area contributed by atoms with Gasteiger partial charge in [-0.25, -0.2) is 4.79 Å². The summed E-state index contributed by atoms with van der Waals surface area (Å²) >= 11 is 0. The van der Waals surface area contributed by atoms with Gasteiger partial charge in [0.25, 0.3) is 0 Å². The summed E-state index contributed by atoms with van der Waals surface area (Å²) in [6.07, 6.45) is 2.53. The average molecular weight is 265 g/mol. The molecule has 0 aliphatic rings. The second kappa shape index (κ2) is 7.24. The van der Waals surface area contributed by atoms with Crippen LogP contribution in [0.15, 0.2) is 12.1 Å². The maximum absolute atomic E-state index is 11.0. The van der Waals surface area contributed by atoms with E-state index in [0.29, 0.717) is 12.3 Å².